The first kappa shape index (κ1) is 18.6. The summed E-state index contributed by atoms with van der Waals surface area (Å²) in [5, 5.41) is 10.4. The summed E-state index contributed by atoms with van der Waals surface area (Å²) >= 11 is 0. The van der Waals surface area contributed by atoms with Gasteiger partial charge in [-0.15, -0.1) is 0 Å². The maximum absolute atomic E-state index is 10.4. The average Bonchev–Trinajstić information content (AvgIpc) is 2.89. The first-order chi connectivity index (χ1) is 11.4. The number of piperazine rings is 1. The van der Waals surface area contributed by atoms with Crippen LogP contribution in [0.15, 0.2) is 0 Å². The molecular formula is C20H38N2O2. The highest BCUT2D eigenvalue weighted by Crippen LogP contribution is 2.66. The Hall–Kier alpha value is -0.160. The molecule has 0 radical (unpaired) electrons. The Morgan fingerprint density at radius 3 is 2.33 bits per heavy atom. The minimum Gasteiger partial charge on any atom is -0.392 e. The van der Waals surface area contributed by atoms with Gasteiger partial charge in [0.2, 0.25) is 0 Å². The summed E-state index contributed by atoms with van der Waals surface area (Å²) < 4.78 is 6.28. The topological polar surface area (TPSA) is 35.9 Å². The zero-order chi connectivity index (χ0) is 17.4. The second-order valence-electron chi connectivity index (χ2n) is 9.15. The van der Waals surface area contributed by atoms with Crippen LogP contribution < -0.4 is 0 Å². The van der Waals surface area contributed by atoms with Gasteiger partial charge in [0.15, 0.2) is 0 Å². The molecule has 0 amide bonds. The average molecular weight is 339 g/mol. The van der Waals surface area contributed by atoms with Crippen molar-refractivity contribution in [1.29, 1.82) is 0 Å². The molecule has 1 aliphatic heterocycles. The van der Waals surface area contributed by atoms with Crippen molar-refractivity contribution in [3.8, 4) is 0 Å². The Balaban J connectivity index is 1.37. The third-order valence-corrected chi connectivity index (χ3v) is 7.87. The number of β-amino-alcohol motifs (C(OH)–C–C–N with tert-alkyl or cyclic N) is 1. The highest BCUT2D eigenvalue weighted by atomic mass is 16.5. The molecule has 3 fully saturated rings. The van der Waals surface area contributed by atoms with E-state index in [2.05, 4.69) is 37.5 Å². The van der Waals surface area contributed by atoms with Gasteiger partial charge in [-0.2, -0.15) is 0 Å². The van der Waals surface area contributed by atoms with Crippen LogP contribution in [-0.4, -0.2) is 73.0 Å². The molecule has 2 saturated carbocycles. The SMILES string of the molecule is CCN1CCN(C[C@@H](O)CCO[C@H]2C[C@H]3CC[C@@]2(C)C3(C)C)CC1. The van der Waals surface area contributed by atoms with Gasteiger partial charge in [-0.1, -0.05) is 27.7 Å². The Kier molecular flexibility index (Phi) is 5.60. The molecule has 4 nitrogen and oxygen atoms in total. The van der Waals surface area contributed by atoms with E-state index >= 15 is 0 Å². The van der Waals surface area contributed by atoms with E-state index in [4.69, 9.17) is 4.74 Å². The highest BCUT2D eigenvalue weighted by molar-refractivity contribution is 5.11. The number of likely N-dealkylation sites (N-methyl/N-ethyl adjacent to an activating group) is 1. The van der Waals surface area contributed by atoms with E-state index in [1.54, 1.807) is 0 Å². The molecule has 3 aliphatic rings. The van der Waals surface area contributed by atoms with Gasteiger partial charge in [0.05, 0.1) is 12.2 Å². The van der Waals surface area contributed by atoms with Gasteiger partial charge in [-0.05, 0) is 49.0 Å². The lowest BCUT2D eigenvalue weighted by molar-refractivity contribution is -0.0570. The van der Waals surface area contributed by atoms with Crippen molar-refractivity contribution in [2.75, 3.05) is 45.9 Å². The predicted molar refractivity (Wildman–Crippen MR) is 98.1 cm³/mol. The van der Waals surface area contributed by atoms with E-state index < -0.39 is 0 Å². The minimum absolute atomic E-state index is 0.252. The molecule has 0 aromatic carbocycles. The van der Waals surface area contributed by atoms with Crippen molar-refractivity contribution >= 4 is 0 Å². The van der Waals surface area contributed by atoms with E-state index in [1.807, 2.05) is 0 Å². The molecule has 4 heteroatoms. The van der Waals surface area contributed by atoms with Gasteiger partial charge in [-0.25, -0.2) is 0 Å². The maximum atomic E-state index is 10.4. The number of rotatable bonds is 7. The summed E-state index contributed by atoms with van der Waals surface area (Å²) in [7, 11) is 0. The third-order valence-electron chi connectivity index (χ3n) is 7.87. The van der Waals surface area contributed by atoms with E-state index in [-0.39, 0.29) is 6.10 Å². The highest BCUT2D eigenvalue weighted by Gasteiger charge is 2.61. The molecule has 0 spiro atoms. The summed E-state index contributed by atoms with van der Waals surface area (Å²) in [6, 6.07) is 0. The second kappa shape index (κ2) is 7.22. The van der Waals surface area contributed by atoms with Crippen molar-refractivity contribution < 1.29 is 9.84 Å². The molecule has 0 unspecified atom stereocenters. The van der Waals surface area contributed by atoms with Crippen LogP contribution in [0.2, 0.25) is 0 Å². The molecule has 4 atom stereocenters. The van der Waals surface area contributed by atoms with Crippen molar-refractivity contribution in [1.82, 2.24) is 9.80 Å². The molecule has 3 rings (SSSR count). The predicted octanol–water partition coefficient (Wildman–Crippen LogP) is 2.61. The molecule has 1 heterocycles. The van der Waals surface area contributed by atoms with Crippen LogP contribution in [0, 0.1) is 16.7 Å². The number of ether oxygens (including phenoxy) is 1. The summed E-state index contributed by atoms with van der Waals surface area (Å²) in [6.45, 7) is 16.6. The Morgan fingerprint density at radius 2 is 1.79 bits per heavy atom. The normalized spacial score (nSPS) is 37.9. The van der Waals surface area contributed by atoms with E-state index in [1.165, 1.54) is 19.3 Å². The number of hydrogen-bond donors (Lipinski definition) is 1. The molecule has 0 aromatic heterocycles. The molecule has 24 heavy (non-hydrogen) atoms. The van der Waals surface area contributed by atoms with Gasteiger partial charge < -0.3 is 14.7 Å². The van der Waals surface area contributed by atoms with Crippen molar-refractivity contribution in [2.24, 2.45) is 16.7 Å². The zero-order valence-electron chi connectivity index (χ0n) is 16.3. The lowest BCUT2D eigenvalue weighted by Gasteiger charge is -2.39. The Labute approximate surface area is 148 Å². The van der Waals surface area contributed by atoms with Gasteiger partial charge in [0, 0.05) is 39.3 Å². The fraction of sp³-hybridized carbons (Fsp3) is 1.00. The monoisotopic (exact) mass is 338 g/mol. The molecule has 1 saturated heterocycles. The van der Waals surface area contributed by atoms with Crippen LogP contribution in [0.1, 0.15) is 53.4 Å². The van der Waals surface area contributed by atoms with E-state index in [0.29, 0.717) is 23.5 Å². The number of aliphatic hydroxyl groups is 1. The van der Waals surface area contributed by atoms with Crippen LogP contribution in [0.5, 0.6) is 0 Å². The first-order valence-corrected chi connectivity index (χ1v) is 10.1. The minimum atomic E-state index is -0.252. The smallest absolute Gasteiger partial charge is 0.0689 e. The largest absolute Gasteiger partial charge is 0.392 e. The van der Waals surface area contributed by atoms with Crippen LogP contribution in [-0.2, 0) is 4.74 Å². The van der Waals surface area contributed by atoms with Gasteiger partial charge in [-0.3, -0.25) is 4.90 Å². The number of nitrogens with zero attached hydrogens (tertiary/aromatic N) is 2. The van der Waals surface area contributed by atoms with E-state index in [0.717, 1.165) is 51.6 Å². The first-order valence-electron chi connectivity index (χ1n) is 10.1. The number of hydrogen-bond acceptors (Lipinski definition) is 4. The number of fused-ring (bicyclic) bond motifs is 2. The standard InChI is InChI=1S/C20H38N2O2/c1-5-21-9-11-22(12-10-21)15-17(23)7-13-24-18-14-16-6-8-20(18,4)19(16,2)3/h16-18,23H,5-15H2,1-4H3/t16-,17+,18+,20-/m1/s1. The summed E-state index contributed by atoms with van der Waals surface area (Å²) in [5.41, 5.74) is 0.744. The van der Waals surface area contributed by atoms with Crippen molar-refractivity contribution in [2.45, 2.75) is 65.6 Å². The van der Waals surface area contributed by atoms with Gasteiger partial charge >= 0.3 is 0 Å². The summed E-state index contributed by atoms with van der Waals surface area (Å²) in [6.07, 6.45) is 4.81. The van der Waals surface area contributed by atoms with Crippen LogP contribution in [0.4, 0.5) is 0 Å². The summed E-state index contributed by atoms with van der Waals surface area (Å²) in [5.74, 6) is 0.826. The van der Waals surface area contributed by atoms with E-state index in [9.17, 15) is 5.11 Å². The summed E-state index contributed by atoms with van der Waals surface area (Å²) in [4.78, 5) is 4.88. The quantitative estimate of drug-likeness (QED) is 0.774. The van der Waals surface area contributed by atoms with Crippen LogP contribution >= 0.6 is 0 Å². The maximum Gasteiger partial charge on any atom is 0.0689 e. The Bertz CT molecular complexity index is 420. The van der Waals surface area contributed by atoms with Crippen LogP contribution in [0.25, 0.3) is 0 Å². The lowest BCUT2D eigenvalue weighted by atomic mass is 9.70. The molecule has 0 aromatic rings. The number of aliphatic hydroxyl groups excluding tert-OH is 1. The fourth-order valence-electron chi connectivity index (χ4n) is 5.41. The molecule has 1 N–H and O–H groups in total. The third kappa shape index (κ3) is 3.40. The fourth-order valence-corrected chi connectivity index (χ4v) is 5.41. The van der Waals surface area contributed by atoms with Gasteiger partial charge in [0.1, 0.15) is 0 Å². The zero-order valence-corrected chi connectivity index (χ0v) is 16.3. The Morgan fingerprint density at radius 1 is 1.12 bits per heavy atom. The molecule has 140 valence electrons. The lowest BCUT2D eigenvalue weighted by Crippen LogP contribution is -2.48. The second-order valence-corrected chi connectivity index (χ2v) is 9.15. The molecular weight excluding hydrogens is 300 g/mol. The van der Waals surface area contributed by atoms with Crippen molar-refractivity contribution in [3.05, 3.63) is 0 Å². The van der Waals surface area contributed by atoms with Crippen molar-refractivity contribution in [3.63, 3.8) is 0 Å². The van der Waals surface area contributed by atoms with Crippen LogP contribution in [0.3, 0.4) is 0 Å². The molecule has 2 aliphatic carbocycles. The molecule has 2 bridgehead atoms. The van der Waals surface area contributed by atoms with Gasteiger partial charge in [0.25, 0.3) is 0 Å².